The van der Waals surface area contributed by atoms with Gasteiger partial charge in [-0.05, 0) is 30.7 Å². The largest absolute Gasteiger partial charge is 0.465 e. The highest BCUT2D eigenvalue weighted by Gasteiger charge is 2.13. The van der Waals surface area contributed by atoms with E-state index in [2.05, 4.69) is 10.3 Å². The lowest BCUT2D eigenvalue weighted by Crippen LogP contribution is -2.13. The Morgan fingerprint density at radius 1 is 1.37 bits per heavy atom. The number of hydrogen-bond donors (Lipinski definition) is 1. The Balaban J connectivity index is 2.37. The van der Waals surface area contributed by atoms with Crippen LogP contribution in [0.1, 0.15) is 15.9 Å². The molecule has 2 aromatic rings. The van der Waals surface area contributed by atoms with Crippen LogP contribution in [0.2, 0.25) is 0 Å². The Kier molecular flexibility index (Phi) is 3.85. The average Bonchev–Trinajstić information content (AvgIpc) is 2.40. The van der Waals surface area contributed by atoms with E-state index < -0.39 is 5.97 Å². The minimum absolute atomic E-state index is 0.309. The highest BCUT2D eigenvalue weighted by atomic mass is 16.5. The SMILES string of the molecule is [B]c1cnc(Nc2cccc(C)c2)c(C(=O)OC)c1. The number of anilines is 2. The summed E-state index contributed by atoms with van der Waals surface area (Å²) in [6.07, 6.45) is 1.49. The first kappa shape index (κ1) is 13.1. The molecule has 0 aliphatic heterocycles. The molecule has 0 spiro atoms. The van der Waals surface area contributed by atoms with Gasteiger partial charge in [0.1, 0.15) is 19.2 Å². The molecule has 1 heterocycles. The van der Waals surface area contributed by atoms with E-state index >= 15 is 0 Å². The van der Waals surface area contributed by atoms with Gasteiger partial charge in [-0.3, -0.25) is 0 Å². The van der Waals surface area contributed by atoms with Crippen LogP contribution in [-0.4, -0.2) is 25.9 Å². The van der Waals surface area contributed by atoms with E-state index in [0.29, 0.717) is 16.8 Å². The lowest BCUT2D eigenvalue weighted by Gasteiger charge is -2.11. The van der Waals surface area contributed by atoms with E-state index in [4.69, 9.17) is 12.6 Å². The number of benzene rings is 1. The van der Waals surface area contributed by atoms with Crippen molar-refractivity contribution in [2.24, 2.45) is 0 Å². The number of ether oxygens (including phenoxy) is 1. The van der Waals surface area contributed by atoms with Crippen LogP contribution in [0.5, 0.6) is 0 Å². The van der Waals surface area contributed by atoms with Crippen molar-refractivity contribution in [1.82, 2.24) is 4.98 Å². The molecule has 0 atom stereocenters. The molecule has 1 aromatic heterocycles. The quantitative estimate of drug-likeness (QED) is 0.667. The molecule has 0 bridgehead atoms. The normalized spacial score (nSPS) is 10.0. The molecule has 1 N–H and O–H groups in total. The van der Waals surface area contributed by atoms with Gasteiger partial charge in [-0.15, -0.1) is 0 Å². The maximum Gasteiger partial charge on any atom is 0.341 e. The predicted molar refractivity (Wildman–Crippen MR) is 75.4 cm³/mol. The van der Waals surface area contributed by atoms with Gasteiger partial charge in [0.05, 0.1) is 7.11 Å². The highest BCUT2D eigenvalue weighted by molar-refractivity contribution is 6.32. The summed E-state index contributed by atoms with van der Waals surface area (Å²) in [4.78, 5) is 15.8. The first-order valence-electron chi connectivity index (χ1n) is 5.77. The number of pyridine rings is 1. The number of esters is 1. The molecule has 0 aliphatic carbocycles. The van der Waals surface area contributed by atoms with Crippen LogP contribution in [0, 0.1) is 6.92 Å². The smallest absolute Gasteiger partial charge is 0.341 e. The number of carbonyl (C=O) groups is 1. The van der Waals surface area contributed by atoms with Crippen LogP contribution in [0.15, 0.2) is 36.5 Å². The zero-order valence-electron chi connectivity index (χ0n) is 10.8. The summed E-state index contributed by atoms with van der Waals surface area (Å²) in [5.41, 5.74) is 2.68. The number of rotatable bonds is 3. The summed E-state index contributed by atoms with van der Waals surface area (Å²) in [6, 6.07) is 9.30. The maximum atomic E-state index is 11.7. The zero-order valence-corrected chi connectivity index (χ0v) is 10.8. The maximum absolute atomic E-state index is 11.7. The third kappa shape index (κ3) is 3.13. The minimum atomic E-state index is -0.477. The van der Waals surface area contributed by atoms with E-state index in [1.807, 2.05) is 31.2 Å². The van der Waals surface area contributed by atoms with Gasteiger partial charge in [-0.25, -0.2) is 9.78 Å². The van der Waals surface area contributed by atoms with Gasteiger partial charge in [0.25, 0.3) is 0 Å². The summed E-state index contributed by atoms with van der Waals surface area (Å²) in [5, 5.41) is 3.09. The second kappa shape index (κ2) is 5.56. The third-order valence-corrected chi connectivity index (χ3v) is 2.59. The average molecular weight is 252 g/mol. The Morgan fingerprint density at radius 2 is 2.16 bits per heavy atom. The Bertz CT molecular complexity index is 614. The summed E-state index contributed by atoms with van der Waals surface area (Å²) in [6.45, 7) is 1.99. The summed E-state index contributed by atoms with van der Waals surface area (Å²) in [7, 11) is 6.96. The van der Waals surface area contributed by atoms with Gasteiger partial charge in [0.2, 0.25) is 0 Å². The first-order valence-corrected chi connectivity index (χ1v) is 5.77. The molecule has 0 saturated carbocycles. The molecule has 0 saturated heterocycles. The van der Waals surface area contributed by atoms with Crippen LogP contribution in [0.25, 0.3) is 0 Å². The van der Waals surface area contributed by atoms with Crippen molar-refractivity contribution in [2.45, 2.75) is 6.92 Å². The van der Waals surface area contributed by atoms with Crippen molar-refractivity contribution in [3.63, 3.8) is 0 Å². The molecule has 0 unspecified atom stereocenters. The van der Waals surface area contributed by atoms with Crippen LogP contribution in [-0.2, 0) is 4.74 Å². The first-order chi connectivity index (χ1) is 9.10. The van der Waals surface area contributed by atoms with Gasteiger partial charge in [-0.1, -0.05) is 17.6 Å². The van der Waals surface area contributed by atoms with Crippen molar-refractivity contribution in [3.8, 4) is 0 Å². The molecule has 0 fully saturated rings. The van der Waals surface area contributed by atoms with Crippen LogP contribution in [0.4, 0.5) is 11.5 Å². The molecule has 2 rings (SSSR count). The Labute approximate surface area is 113 Å². The molecule has 2 radical (unpaired) electrons. The second-order valence-corrected chi connectivity index (χ2v) is 4.15. The van der Waals surface area contributed by atoms with E-state index in [0.717, 1.165) is 11.3 Å². The molecule has 0 amide bonds. The lowest BCUT2D eigenvalue weighted by atomic mass is 9.97. The Hall–Kier alpha value is -2.30. The van der Waals surface area contributed by atoms with E-state index in [-0.39, 0.29) is 0 Å². The molecule has 94 valence electrons. The molecule has 19 heavy (non-hydrogen) atoms. The summed E-state index contributed by atoms with van der Waals surface area (Å²) >= 11 is 0. The van der Waals surface area contributed by atoms with Gasteiger partial charge in [0, 0.05) is 11.9 Å². The van der Waals surface area contributed by atoms with Crippen LogP contribution in [0.3, 0.4) is 0 Å². The lowest BCUT2D eigenvalue weighted by molar-refractivity contribution is 0.0601. The molecule has 5 heteroatoms. The fourth-order valence-electron chi connectivity index (χ4n) is 1.71. The van der Waals surface area contributed by atoms with Crippen molar-refractivity contribution >= 4 is 30.8 Å². The monoisotopic (exact) mass is 252 g/mol. The van der Waals surface area contributed by atoms with Crippen LogP contribution < -0.4 is 10.8 Å². The molecule has 4 nitrogen and oxygen atoms in total. The van der Waals surface area contributed by atoms with Crippen molar-refractivity contribution < 1.29 is 9.53 Å². The van der Waals surface area contributed by atoms with E-state index in [1.54, 1.807) is 0 Å². The standard InChI is InChI=1S/C14H13BN2O2/c1-9-4-3-5-11(6-9)17-13-12(14(18)19-2)7-10(15)8-16-13/h3-8H,1-2H3,(H,16,17). The predicted octanol–water partition coefficient (Wildman–Crippen LogP) is 1.71. The number of hydrogen-bond acceptors (Lipinski definition) is 4. The summed E-state index contributed by atoms with van der Waals surface area (Å²) in [5.74, 6) is -0.0541. The van der Waals surface area contributed by atoms with Crippen LogP contribution >= 0.6 is 0 Å². The van der Waals surface area contributed by atoms with Crippen molar-refractivity contribution in [3.05, 3.63) is 47.7 Å². The number of aromatic nitrogens is 1. The highest BCUT2D eigenvalue weighted by Crippen LogP contribution is 2.19. The number of methoxy groups -OCH3 is 1. The second-order valence-electron chi connectivity index (χ2n) is 4.15. The van der Waals surface area contributed by atoms with E-state index in [9.17, 15) is 4.79 Å². The Morgan fingerprint density at radius 3 is 2.84 bits per heavy atom. The van der Waals surface area contributed by atoms with Gasteiger partial charge >= 0.3 is 5.97 Å². The van der Waals surface area contributed by atoms with E-state index in [1.165, 1.54) is 19.4 Å². The third-order valence-electron chi connectivity index (χ3n) is 2.59. The number of nitrogens with one attached hydrogen (secondary N) is 1. The fourth-order valence-corrected chi connectivity index (χ4v) is 1.71. The fraction of sp³-hybridized carbons (Fsp3) is 0.143. The minimum Gasteiger partial charge on any atom is -0.465 e. The number of aryl methyl sites for hydroxylation is 1. The van der Waals surface area contributed by atoms with Crippen molar-refractivity contribution in [1.29, 1.82) is 0 Å². The van der Waals surface area contributed by atoms with Crippen molar-refractivity contribution in [2.75, 3.05) is 12.4 Å². The van der Waals surface area contributed by atoms with Gasteiger partial charge in [0.15, 0.2) is 0 Å². The number of carbonyl (C=O) groups excluding carboxylic acids is 1. The van der Waals surface area contributed by atoms with Gasteiger partial charge in [-0.2, -0.15) is 0 Å². The molecule has 1 aromatic carbocycles. The van der Waals surface area contributed by atoms with Gasteiger partial charge < -0.3 is 10.1 Å². The topological polar surface area (TPSA) is 51.2 Å². The summed E-state index contributed by atoms with van der Waals surface area (Å²) < 4.78 is 4.72. The molecule has 0 aliphatic rings. The zero-order chi connectivity index (χ0) is 13.8. The number of nitrogens with zero attached hydrogens (tertiary/aromatic N) is 1. The molecular formula is C14H13BN2O2. The molecular weight excluding hydrogens is 239 g/mol.